The summed E-state index contributed by atoms with van der Waals surface area (Å²) in [7, 11) is 0.880. The summed E-state index contributed by atoms with van der Waals surface area (Å²) in [5, 5.41) is 0. The average Bonchev–Trinajstić information content (AvgIpc) is 1.86. The van der Waals surface area contributed by atoms with E-state index in [2.05, 4.69) is 33.8 Å². The number of rotatable bonds is 0. The fraction of sp³-hybridized carbons (Fsp3) is 0. The Bertz CT molecular complexity index is 140. The van der Waals surface area contributed by atoms with Gasteiger partial charge in [-0.2, -0.15) is 0 Å². The van der Waals surface area contributed by atoms with Crippen LogP contribution in [0.5, 0.6) is 0 Å². The molecule has 0 fully saturated rings. The first-order valence-electron chi connectivity index (χ1n) is 1.68. The summed E-state index contributed by atoms with van der Waals surface area (Å²) in [5.41, 5.74) is 2.14. The van der Waals surface area contributed by atoms with Gasteiger partial charge in [0.25, 0.3) is 0 Å². The van der Waals surface area contributed by atoms with Gasteiger partial charge in [0, 0.05) is 4.08 Å². The van der Waals surface area contributed by atoms with E-state index in [1.165, 1.54) is 4.08 Å². The first-order chi connectivity index (χ1) is 2.89. The summed E-state index contributed by atoms with van der Waals surface area (Å²) in [6.45, 7) is 0. The zero-order chi connectivity index (χ0) is 4.41. The van der Waals surface area contributed by atoms with Crippen LogP contribution < -0.4 is 0 Å². The van der Waals surface area contributed by atoms with Crippen LogP contribution in [0.15, 0.2) is 12.2 Å². The Labute approximate surface area is 47.1 Å². The molecule has 2 heteroatoms. The first kappa shape index (κ1) is 4.34. The lowest BCUT2D eigenvalue weighted by atomic mass is 10.6. The number of hydrogen-bond donors (Lipinski definition) is 0. The molecule has 0 atom stereocenters. The summed E-state index contributed by atoms with van der Waals surface area (Å²) in [6.07, 6.45) is 4.13. The molecule has 0 nitrogen and oxygen atoms in total. The van der Waals surface area contributed by atoms with E-state index in [1.807, 2.05) is 0 Å². The normalized spacial score (nSPS) is 15.8. The van der Waals surface area contributed by atoms with Crippen LogP contribution in [0.1, 0.15) is 0 Å². The van der Waals surface area contributed by atoms with Crippen molar-refractivity contribution in [2.24, 2.45) is 0 Å². The maximum atomic E-state index is 3.35. The molecule has 1 heterocycles. The van der Waals surface area contributed by atoms with Gasteiger partial charge in [0.05, 0.1) is 0 Å². The molecule has 0 radical (unpaired) electrons. The molecule has 0 saturated heterocycles. The Morgan fingerprint density at radius 3 is 2.67 bits per heavy atom. The average molecular weight is 159 g/mol. The summed E-state index contributed by atoms with van der Waals surface area (Å²) in [4.78, 5) is 0. The van der Waals surface area contributed by atoms with Gasteiger partial charge < -0.3 is 0 Å². The lowest BCUT2D eigenvalue weighted by Crippen LogP contribution is -1.71. The summed E-state index contributed by atoms with van der Waals surface area (Å²) in [5.74, 6) is 0. The van der Waals surface area contributed by atoms with E-state index in [0.29, 0.717) is 0 Å². The zero-order valence-corrected chi connectivity index (χ0v) is 5.70. The first-order valence-corrected chi connectivity index (χ1v) is 3.55. The van der Waals surface area contributed by atoms with E-state index in [1.54, 1.807) is 0 Å². The monoisotopic (exact) mass is 158 g/mol. The van der Waals surface area contributed by atoms with Crippen molar-refractivity contribution in [2.75, 3.05) is 0 Å². The molecule has 0 N–H and O–H groups in total. The van der Waals surface area contributed by atoms with Crippen LogP contribution in [0.3, 0.4) is 0 Å². The quantitative estimate of drug-likeness (QED) is 0.454. The zero-order valence-electron chi connectivity index (χ0n) is 3.11. The number of hydrogen-bond acceptors (Lipinski definition) is 0. The predicted octanol–water partition coefficient (Wildman–Crippen LogP) is 0.587. The van der Waals surface area contributed by atoms with Gasteiger partial charge in [-0.3, -0.25) is 0 Å². The summed E-state index contributed by atoms with van der Waals surface area (Å²) in [6, 6.07) is 0. The molecule has 0 aromatic carbocycles. The van der Waals surface area contributed by atoms with Crippen molar-refractivity contribution >= 4 is 34.4 Å². The van der Waals surface area contributed by atoms with Crippen LogP contribution in [-0.4, -0.2) is 18.5 Å². The highest BCUT2D eigenvalue weighted by atomic mass is 79.9. The lowest BCUT2D eigenvalue weighted by Gasteiger charge is -1.66. The minimum Gasteiger partial charge on any atom is -0.0591 e. The third-order valence-corrected chi connectivity index (χ3v) is 2.31. The van der Waals surface area contributed by atoms with Crippen molar-refractivity contribution in [3.8, 4) is 0 Å². The molecular weight excluding hydrogens is 156 g/mol. The smallest absolute Gasteiger partial charge is 0.0311 e. The Morgan fingerprint density at radius 2 is 2.50 bits per heavy atom. The Balaban J connectivity index is 2.98. The molecule has 0 aromatic rings. The third kappa shape index (κ3) is 0.818. The van der Waals surface area contributed by atoms with E-state index >= 15 is 0 Å². The van der Waals surface area contributed by atoms with Gasteiger partial charge in [-0.05, 0) is 36.4 Å². The minimum atomic E-state index is 0.880. The fourth-order valence-electron chi connectivity index (χ4n) is 0.308. The molecule has 1 aliphatic rings. The Morgan fingerprint density at radius 1 is 1.67 bits per heavy atom. The van der Waals surface area contributed by atoms with E-state index < -0.39 is 0 Å². The summed E-state index contributed by atoms with van der Waals surface area (Å²) >= 11 is 3.35. The maximum absolute atomic E-state index is 3.35. The van der Waals surface area contributed by atoms with Crippen LogP contribution in [0, 0.1) is 0 Å². The maximum Gasteiger partial charge on any atom is 0.0311 e. The predicted molar refractivity (Wildman–Crippen MR) is 34.9 cm³/mol. The molecular formula is C4H3BrSi. The molecule has 0 aromatic heterocycles. The van der Waals surface area contributed by atoms with Gasteiger partial charge in [0.15, 0.2) is 0 Å². The Kier molecular flexibility index (Phi) is 1.27. The Hall–Kier alpha value is 0.177. The molecule has 1 aliphatic heterocycles. The second-order valence-corrected chi connectivity index (χ2v) is 3.77. The SMILES string of the molecule is BrC1=[Si]=CC=C1. The summed E-state index contributed by atoms with van der Waals surface area (Å²) < 4.78 is 1.31. The van der Waals surface area contributed by atoms with Crippen LogP contribution >= 0.6 is 15.9 Å². The van der Waals surface area contributed by atoms with Crippen molar-refractivity contribution in [1.82, 2.24) is 0 Å². The van der Waals surface area contributed by atoms with Crippen LogP contribution in [0.2, 0.25) is 0 Å². The second kappa shape index (κ2) is 1.75. The fourth-order valence-corrected chi connectivity index (χ4v) is 1.40. The largest absolute Gasteiger partial charge is 0.0591 e. The number of halogens is 1. The van der Waals surface area contributed by atoms with Crippen LogP contribution in [0.25, 0.3) is 0 Å². The van der Waals surface area contributed by atoms with E-state index in [-0.39, 0.29) is 0 Å². The standard InChI is InChI=1S/C4H3BrSi/c5-4-2-1-3-6-4/h1-3H. The van der Waals surface area contributed by atoms with E-state index in [9.17, 15) is 0 Å². The van der Waals surface area contributed by atoms with Gasteiger partial charge in [-0.25, -0.2) is 0 Å². The van der Waals surface area contributed by atoms with Gasteiger partial charge in [0.2, 0.25) is 0 Å². The van der Waals surface area contributed by atoms with Gasteiger partial charge in [-0.1, -0.05) is 6.08 Å². The van der Waals surface area contributed by atoms with Crippen molar-refractivity contribution in [3.63, 3.8) is 0 Å². The third-order valence-electron chi connectivity index (χ3n) is 0.560. The lowest BCUT2D eigenvalue weighted by molar-refractivity contribution is 2.41. The highest BCUT2D eigenvalue weighted by Crippen LogP contribution is 1.86. The number of allylic oxidation sites excluding steroid dienone is 2. The van der Waals surface area contributed by atoms with Gasteiger partial charge in [-0.15, -0.1) is 0 Å². The highest BCUT2D eigenvalue weighted by Gasteiger charge is 1.79. The van der Waals surface area contributed by atoms with Crippen LogP contribution in [0.4, 0.5) is 0 Å². The molecule has 1 rings (SSSR count). The topological polar surface area (TPSA) is 0 Å². The molecule has 0 unspecified atom stereocenters. The van der Waals surface area contributed by atoms with Gasteiger partial charge >= 0.3 is 0 Å². The van der Waals surface area contributed by atoms with E-state index in [0.717, 1.165) is 8.74 Å². The van der Waals surface area contributed by atoms with Crippen molar-refractivity contribution in [2.45, 2.75) is 0 Å². The molecule has 30 valence electrons. The molecule has 0 aliphatic carbocycles. The van der Waals surface area contributed by atoms with Crippen molar-refractivity contribution in [1.29, 1.82) is 0 Å². The molecule has 0 amide bonds. The molecule has 0 spiro atoms. The van der Waals surface area contributed by atoms with Crippen molar-refractivity contribution in [3.05, 3.63) is 12.2 Å². The van der Waals surface area contributed by atoms with Crippen molar-refractivity contribution < 1.29 is 0 Å². The highest BCUT2D eigenvalue weighted by molar-refractivity contribution is 9.19. The second-order valence-electron chi connectivity index (χ2n) is 1.02. The molecule has 0 saturated carbocycles. The van der Waals surface area contributed by atoms with Crippen LogP contribution in [-0.2, 0) is 0 Å². The molecule has 6 heavy (non-hydrogen) atoms. The van der Waals surface area contributed by atoms with Gasteiger partial charge in [0.1, 0.15) is 0 Å². The molecule has 0 bridgehead atoms. The minimum absolute atomic E-state index is 0.880. The van der Waals surface area contributed by atoms with E-state index in [4.69, 9.17) is 0 Å².